The lowest BCUT2D eigenvalue weighted by molar-refractivity contribution is 0.187. The Kier molecular flexibility index (Phi) is 5.23. The molecule has 0 amide bonds. The number of ether oxygens (including phenoxy) is 1. The van der Waals surface area contributed by atoms with Crippen molar-refractivity contribution in [3.05, 3.63) is 59.2 Å². The van der Waals surface area contributed by atoms with Crippen LogP contribution in [0.5, 0.6) is 5.75 Å². The Labute approximate surface area is 126 Å². The van der Waals surface area contributed by atoms with Crippen LogP contribution in [0.15, 0.2) is 42.5 Å². The summed E-state index contributed by atoms with van der Waals surface area (Å²) in [5, 5.41) is 13.6. The van der Waals surface area contributed by atoms with Gasteiger partial charge in [0.2, 0.25) is 0 Å². The number of hydrogen-bond acceptors (Lipinski definition) is 3. The van der Waals surface area contributed by atoms with Crippen LogP contribution in [0.25, 0.3) is 0 Å². The molecule has 0 radical (unpaired) electrons. The van der Waals surface area contributed by atoms with Crippen LogP contribution < -0.4 is 10.1 Å². The zero-order valence-corrected chi connectivity index (χ0v) is 12.9. The normalized spacial score (nSPS) is 12.0. The molecule has 1 atom stereocenters. The number of aryl methyl sites for hydroxylation is 2. The minimum Gasteiger partial charge on any atom is -0.496 e. The van der Waals surface area contributed by atoms with Crippen LogP contribution in [0.4, 0.5) is 5.69 Å². The van der Waals surface area contributed by atoms with Gasteiger partial charge in [0, 0.05) is 17.8 Å². The summed E-state index contributed by atoms with van der Waals surface area (Å²) >= 11 is 0. The molecule has 2 rings (SSSR count). The Balaban J connectivity index is 2.03. The van der Waals surface area contributed by atoms with E-state index in [1.807, 2.05) is 37.3 Å². The number of hydrogen-bond donors (Lipinski definition) is 2. The fourth-order valence-electron chi connectivity index (χ4n) is 2.30. The molecule has 0 aromatic heterocycles. The lowest BCUT2D eigenvalue weighted by Gasteiger charge is -2.17. The molecule has 0 aliphatic heterocycles. The Morgan fingerprint density at radius 3 is 2.48 bits per heavy atom. The van der Waals surface area contributed by atoms with Crippen LogP contribution in [-0.2, 0) is 6.42 Å². The van der Waals surface area contributed by atoms with Crippen LogP contribution >= 0.6 is 0 Å². The fourth-order valence-corrected chi connectivity index (χ4v) is 2.30. The smallest absolute Gasteiger partial charge is 0.124 e. The fraction of sp³-hybridized carbons (Fsp3) is 0.333. The van der Waals surface area contributed by atoms with Gasteiger partial charge in [0.1, 0.15) is 5.75 Å². The molecule has 2 aromatic rings. The van der Waals surface area contributed by atoms with E-state index in [9.17, 15) is 5.11 Å². The van der Waals surface area contributed by atoms with Crippen molar-refractivity contribution < 1.29 is 9.84 Å². The van der Waals surface area contributed by atoms with Gasteiger partial charge in [-0.15, -0.1) is 0 Å². The first-order chi connectivity index (χ1) is 10.1. The maximum absolute atomic E-state index is 10.4. The topological polar surface area (TPSA) is 41.5 Å². The highest BCUT2D eigenvalue weighted by Crippen LogP contribution is 2.26. The van der Waals surface area contributed by atoms with E-state index in [0.29, 0.717) is 6.54 Å². The molecule has 3 heteroatoms. The maximum atomic E-state index is 10.4. The third kappa shape index (κ3) is 3.99. The summed E-state index contributed by atoms with van der Waals surface area (Å²) in [4.78, 5) is 0. The Morgan fingerprint density at radius 2 is 1.86 bits per heavy atom. The molecule has 0 saturated carbocycles. The largest absolute Gasteiger partial charge is 0.496 e. The van der Waals surface area contributed by atoms with Crippen LogP contribution in [0.1, 0.15) is 29.7 Å². The number of methoxy groups -OCH3 is 1. The van der Waals surface area contributed by atoms with Crippen molar-refractivity contribution in [1.29, 1.82) is 0 Å². The van der Waals surface area contributed by atoms with Crippen LogP contribution in [-0.4, -0.2) is 18.8 Å². The zero-order chi connectivity index (χ0) is 15.2. The summed E-state index contributed by atoms with van der Waals surface area (Å²) in [6, 6.07) is 14.1. The van der Waals surface area contributed by atoms with Crippen molar-refractivity contribution in [2.24, 2.45) is 0 Å². The third-order valence-electron chi connectivity index (χ3n) is 3.61. The van der Waals surface area contributed by atoms with Gasteiger partial charge in [-0.25, -0.2) is 0 Å². The average Bonchev–Trinajstić information content (AvgIpc) is 2.53. The second-order valence-electron chi connectivity index (χ2n) is 5.19. The zero-order valence-electron chi connectivity index (χ0n) is 12.9. The first-order valence-corrected chi connectivity index (χ1v) is 7.29. The van der Waals surface area contributed by atoms with Gasteiger partial charge in [0.25, 0.3) is 0 Å². The van der Waals surface area contributed by atoms with E-state index in [0.717, 1.165) is 29.0 Å². The molecule has 0 saturated heterocycles. The van der Waals surface area contributed by atoms with Gasteiger partial charge in [-0.1, -0.05) is 30.7 Å². The Bertz CT molecular complexity index is 578. The number of benzene rings is 2. The molecule has 21 heavy (non-hydrogen) atoms. The minimum atomic E-state index is -0.606. The molecule has 2 N–H and O–H groups in total. The predicted molar refractivity (Wildman–Crippen MR) is 87.0 cm³/mol. The summed E-state index contributed by atoms with van der Waals surface area (Å²) in [7, 11) is 1.62. The van der Waals surface area contributed by atoms with Crippen molar-refractivity contribution in [3.8, 4) is 5.75 Å². The van der Waals surface area contributed by atoms with Crippen molar-refractivity contribution in [2.75, 3.05) is 19.0 Å². The van der Waals surface area contributed by atoms with Gasteiger partial charge in [-0.2, -0.15) is 0 Å². The molecule has 0 fully saturated rings. The summed E-state index contributed by atoms with van der Waals surface area (Å²) in [5.74, 6) is 0.719. The van der Waals surface area contributed by atoms with E-state index in [-0.39, 0.29) is 0 Å². The number of aliphatic hydroxyl groups excluding tert-OH is 1. The van der Waals surface area contributed by atoms with E-state index < -0.39 is 6.10 Å². The second-order valence-corrected chi connectivity index (χ2v) is 5.19. The van der Waals surface area contributed by atoms with E-state index in [2.05, 4.69) is 24.4 Å². The average molecular weight is 285 g/mol. The third-order valence-corrected chi connectivity index (χ3v) is 3.61. The van der Waals surface area contributed by atoms with E-state index in [1.165, 1.54) is 5.56 Å². The summed E-state index contributed by atoms with van der Waals surface area (Å²) in [6.07, 6.45) is 0.425. The summed E-state index contributed by atoms with van der Waals surface area (Å²) in [6.45, 7) is 4.59. The molecule has 2 aromatic carbocycles. The van der Waals surface area contributed by atoms with Crippen molar-refractivity contribution in [2.45, 2.75) is 26.4 Å². The number of anilines is 1. The molecule has 0 heterocycles. The molecular weight excluding hydrogens is 262 g/mol. The highest BCUT2D eigenvalue weighted by Gasteiger charge is 2.13. The van der Waals surface area contributed by atoms with E-state index >= 15 is 0 Å². The van der Waals surface area contributed by atoms with Crippen molar-refractivity contribution >= 4 is 5.69 Å². The molecule has 3 nitrogen and oxygen atoms in total. The van der Waals surface area contributed by atoms with Gasteiger partial charge in [-0.3, -0.25) is 0 Å². The van der Waals surface area contributed by atoms with E-state index in [4.69, 9.17) is 4.74 Å². The van der Waals surface area contributed by atoms with Crippen LogP contribution in [0.3, 0.4) is 0 Å². The summed E-state index contributed by atoms with van der Waals surface area (Å²) in [5.41, 5.74) is 4.24. The molecule has 1 unspecified atom stereocenters. The number of nitrogens with one attached hydrogen (secondary N) is 1. The quantitative estimate of drug-likeness (QED) is 0.850. The first kappa shape index (κ1) is 15.4. The standard InChI is InChI=1S/C18H23NO2/c1-4-14-6-8-15(9-7-14)19-12-17(20)16-11-13(2)5-10-18(16)21-3/h5-11,17,19-20H,4,12H2,1-3H3. The van der Waals surface area contributed by atoms with Crippen molar-refractivity contribution in [1.82, 2.24) is 0 Å². The molecule has 0 aliphatic carbocycles. The summed E-state index contributed by atoms with van der Waals surface area (Å²) < 4.78 is 5.32. The molecule has 0 aliphatic rings. The van der Waals surface area contributed by atoms with Gasteiger partial charge >= 0.3 is 0 Å². The minimum absolute atomic E-state index is 0.450. The highest BCUT2D eigenvalue weighted by atomic mass is 16.5. The number of rotatable bonds is 6. The number of aliphatic hydroxyl groups is 1. The molecular formula is C18H23NO2. The van der Waals surface area contributed by atoms with Gasteiger partial charge < -0.3 is 15.2 Å². The van der Waals surface area contributed by atoms with Gasteiger partial charge in [0.15, 0.2) is 0 Å². The Morgan fingerprint density at radius 1 is 1.14 bits per heavy atom. The highest BCUT2D eigenvalue weighted by molar-refractivity contribution is 5.46. The molecule has 0 spiro atoms. The second kappa shape index (κ2) is 7.14. The maximum Gasteiger partial charge on any atom is 0.124 e. The Hall–Kier alpha value is -2.00. The van der Waals surface area contributed by atoms with Gasteiger partial charge in [0.05, 0.1) is 13.2 Å². The predicted octanol–water partition coefficient (Wildman–Crippen LogP) is 3.71. The molecule has 0 bridgehead atoms. The SMILES string of the molecule is CCc1ccc(NCC(O)c2cc(C)ccc2OC)cc1. The lowest BCUT2D eigenvalue weighted by Crippen LogP contribution is -2.13. The first-order valence-electron chi connectivity index (χ1n) is 7.29. The lowest BCUT2D eigenvalue weighted by atomic mass is 10.0. The van der Waals surface area contributed by atoms with Gasteiger partial charge in [-0.05, 0) is 43.2 Å². The van der Waals surface area contributed by atoms with Crippen LogP contribution in [0.2, 0.25) is 0 Å². The van der Waals surface area contributed by atoms with Crippen LogP contribution in [0, 0.1) is 6.92 Å². The van der Waals surface area contributed by atoms with Crippen molar-refractivity contribution in [3.63, 3.8) is 0 Å². The monoisotopic (exact) mass is 285 g/mol. The molecule has 112 valence electrons. The van der Waals surface area contributed by atoms with E-state index in [1.54, 1.807) is 7.11 Å².